The minimum atomic E-state index is 0.585. The second kappa shape index (κ2) is 6.19. The van der Waals surface area contributed by atoms with Gasteiger partial charge in [0.15, 0.2) is 0 Å². The van der Waals surface area contributed by atoms with E-state index in [1.165, 1.54) is 11.1 Å². The fourth-order valence-electron chi connectivity index (χ4n) is 2.08. The van der Waals surface area contributed by atoms with Crippen LogP contribution in [0.5, 0.6) is 0 Å². The Labute approximate surface area is 115 Å². The topological polar surface area (TPSA) is 38.4 Å². The van der Waals surface area contributed by atoms with Gasteiger partial charge in [0.1, 0.15) is 5.84 Å². The van der Waals surface area contributed by atoms with E-state index in [0.717, 1.165) is 24.1 Å². The van der Waals surface area contributed by atoms with Gasteiger partial charge >= 0.3 is 0 Å². The molecule has 0 fully saturated rings. The van der Waals surface area contributed by atoms with Crippen LogP contribution in [0.25, 0.3) is 0 Å². The predicted octanol–water partition coefficient (Wildman–Crippen LogP) is 3.85. The van der Waals surface area contributed by atoms with Crippen molar-refractivity contribution in [2.45, 2.75) is 26.7 Å². The molecule has 0 aliphatic heterocycles. The summed E-state index contributed by atoms with van der Waals surface area (Å²) in [5.74, 6) is 0.585. The Morgan fingerprint density at radius 2 is 1.63 bits per heavy atom. The number of nitrogens with two attached hydrogens (primary N) is 1. The summed E-state index contributed by atoms with van der Waals surface area (Å²) < 4.78 is 0. The van der Waals surface area contributed by atoms with Crippen LogP contribution in [-0.2, 0) is 12.8 Å². The second-order valence-corrected chi connectivity index (χ2v) is 4.53. The molecule has 2 N–H and O–H groups in total. The van der Waals surface area contributed by atoms with Crippen molar-refractivity contribution in [2.75, 3.05) is 0 Å². The van der Waals surface area contributed by atoms with Gasteiger partial charge in [-0.2, -0.15) is 0 Å². The molecule has 0 saturated heterocycles. The lowest BCUT2D eigenvalue weighted by Gasteiger charge is -2.07. The number of benzene rings is 2. The van der Waals surface area contributed by atoms with Gasteiger partial charge in [-0.15, -0.1) is 0 Å². The number of rotatable bonds is 4. The lowest BCUT2D eigenvalue weighted by Crippen LogP contribution is -2.15. The van der Waals surface area contributed by atoms with Crippen LogP contribution in [-0.4, -0.2) is 5.84 Å². The van der Waals surface area contributed by atoms with Crippen LogP contribution in [0, 0.1) is 0 Å². The number of aliphatic imine (C=N–C) groups is 1. The van der Waals surface area contributed by atoms with Gasteiger partial charge in [-0.05, 0) is 36.1 Å². The second-order valence-electron chi connectivity index (χ2n) is 4.53. The van der Waals surface area contributed by atoms with Gasteiger partial charge in [0.05, 0.1) is 5.69 Å². The third-order valence-corrected chi connectivity index (χ3v) is 3.27. The molecule has 2 aromatic carbocycles. The van der Waals surface area contributed by atoms with Crippen LogP contribution in [0.1, 0.15) is 30.5 Å². The third kappa shape index (κ3) is 3.22. The maximum absolute atomic E-state index is 6.12. The van der Waals surface area contributed by atoms with E-state index in [0.29, 0.717) is 5.84 Å². The van der Waals surface area contributed by atoms with Crippen molar-refractivity contribution in [2.24, 2.45) is 10.7 Å². The van der Waals surface area contributed by atoms with Gasteiger partial charge in [-0.1, -0.05) is 50.2 Å². The smallest absolute Gasteiger partial charge is 0.131 e. The molecule has 2 heteroatoms. The van der Waals surface area contributed by atoms with E-state index < -0.39 is 0 Å². The van der Waals surface area contributed by atoms with Crippen LogP contribution >= 0.6 is 0 Å². The van der Waals surface area contributed by atoms with E-state index in [-0.39, 0.29) is 0 Å². The van der Waals surface area contributed by atoms with Crippen LogP contribution in [0.4, 0.5) is 5.69 Å². The first-order valence-corrected chi connectivity index (χ1v) is 6.76. The predicted molar refractivity (Wildman–Crippen MR) is 82.0 cm³/mol. The summed E-state index contributed by atoms with van der Waals surface area (Å²) >= 11 is 0. The Kier molecular flexibility index (Phi) is 4.35. The van der Waals surface area contributed by atoms with Gasteiger partial charge < -0.3 is 5.73 Å². The van der Waals surface area contributed by atoms with Crippen molar-refractivity contribution >= 4 is 11.5 Å². The molecule has 98 valence electrons. The minimum Gasteiger partial charge on any atom is -0.383 e. The Morgan fingerprint density at radius 1 is 0.947 bits per heavy atom. The van der Waals surface area contributed by atoms with Gasteiger partial charge in [-0.25, -0.2) is 4.99 Å². The van der Waals surface area contributed by atoms with Crippen molar-refractivity contribution in [3.05, 3.63) is 65.2 Å². The molecule has 0 saturated carbocycles. The van der Waals surface area contributed by atoms with Crippen molar-refractivity contribution in [1.82, 2.24) is 0 Å². The average Bonchev–Trinajstić information content (AvgIpc) is 2.48. The maximum atomic E-state index is 6.12. The molecule has 0 spiro atoms. The Bertz CT molecular complexity index is 568. The van der Waals surface area contributed by atoms with Gasteiger partial charge in [0.2, 0.25) is 0 Å². The van der Waals surface area contributed by atoms with E-state index in [2.05, 4.69) is 37.0 Å². The summed E-state index contributed by atoms with van der Waals surface area (Å²) in [6, 6.07) is 16.4. The standard InChI is InChI=1S/C17H20N2/c1-3-13-9-11-15(12-10-13)19-17(18)16-8-6-5-7-14(16)4-2/h5-12H,3-4H2,1-2H3,(H2,18,19). The Hall–Kier alpha value is -2.09. The number of amidine groups is 1. The first kappa shape index (κ1) is 13.3. The molecule has 0 atom stereocenters. The summed E-state index contributed by atoms with van der Waals surface area (Å²) in [6.07, 6.45) is 2.00. The van der Waals surface area contributed by atoms with Crippen LogP contribution in [0.15, 0.2) is 53.5 Å². The number of hydrogen-bond donors (Lipinski definition) is 1. The zero-order valence-corrected chi connectivity index (χ0v) is 11.6. The number of aryl methyl sites for hydroxylation is 2. The number of hydrogen-bond acceptors (Lipinski definition) is 1. The molecule has 19 heavy (non-hydrogen) atoms. The lowest BCUT2D eigenvalue weighted by molar-refractivity contribution is 1.13. The van der Waals surface area contributed by atoms with Crippen LogP contribution in [0.3, 0.4) is 0 Å². The summed E-state index contributed by atoms with van der Waals surface area (Å²) in [7, 11) is 0. The Morgan fingerprint density at radius 3 is 2.26 bits per heavy atom. The molecule has 2 aromatic rings. The first-order chi connectivity index (χ1) is 9.24. The van der Waals surface area contributed by atoms with Crippen LogP contribution in [0.2, 0.25) is 0 Å². The Balaban J connectivity index is 2.31. The van der Waals surface area contributed by atoms with Crippen molar-refractivity contribution in [3.8, 4) is 0 Å². The molecule has 0 radical (unpaired) electrons. The molecular formula is C17H20N2. The molecule has 0 heterocycles. The molecule has 0 aliphatic rings. The van der Waals surface area contributed by atoms with E-state index in [9.17, 15) is 0 Å². The highest BCUT2D eigenvalue weighted by atomic mass is 14.9. The highest BCUT2D eigenvalue weighted by molar-refractivity contribution is 6.00. The maximum Gasteiger partial charge on any atom is 0.131 e. The first-order valence-electron chi connectivity index (χ1n) is 6.76. The summed E-state index contributed by atoms with van der Waals surface area (Å²) in [4.78, 5) is 4.51. The molecule has 2 nitrogen and oxygen atoms in total. The molecule has 0 amide bonds. The fourth-order valence-corrected chi connectivity index (χ4v) is 2.08. The lowest BCUT2D eigenvalue weighted by atomic mass is 10.0. The van der Waals surface area contributed by atoms with Gasteiger partial charge in [-0.3, -0.25) is 0 Å². The van der Waals surface area contributed by atoms with Gasteiger partial charge in [0, 0.05) is 5.56 Å². The van der Waals surface area contributed by atoms with Crippen molar-refractivity contribution in [3.63, 3.8) is 0 Å². The van der Waals surface area contributed by atoms with Crippen molar-refractivity contribution < 1.29 is 0 Å². The largest absolute Gasteiger partial charge is 0.383 e. The molecular weight excluding hydrogens is 232 g/mol. The molecule has 0 aliphatic carbocycles. The van der Waals surface area contributed by atoms with E-state index >= 15 is 0 Å². The quantitative estimate of drug-likeness (QED) is 0.651. The van der Waals surface area contributed by atoms with Crippen LogP contribution < -0.4 is 5.73 Å². The van der Waals surface area contributed by atoms with E-state index in [1.807, 2.05) is 30.3 Å². The SMILES string of the molecule is CCc1ccc(N=C(N)c2ccccc2CC)cc1. The van der Waals surface area contributed by atoms with Gasteiger partial charge in [0.25, 0.3) is 0 Å². The zero-order chi connectivity index (χ0) is 13.7. The molecule has 0 bridgehead atoms. The summed E-state index contributed by atoms with van der Waals surface area (Å²) in [6.45, 7) is 4.27. The van der Waals surface area contributed by atoms with E-state index in [4.69, 9.17) is 5.73 Å². The third-order valence-electron chi connectivity index (χ3n) is 3.27. The summed E-state index contributed by atoms with van der Waals surface area (Å²) in [5, 5.41) is 0. The fraction of sp³-hybridized carbons (Fsp3) is 0.235. The zero-order valence-electron chi connectivity index (χ0n) is 11.6. The highest BCUT2D eigenvalue weighted by Crippen LogP contribution is 2.16. The summed E-state index contributed by atoms with van der Waals surface area (Å²) in [5.41, 5.74) is 10.6. The molecule has 0 aromatic heterocycles. The highest BCUT2D eigenvalue weighted by Gasteiger charge is 2.04. The monoisotopic (exact) mass is 252 g/mol. The molecule has 0 unspecified atom stereocenters. The average molecular weight is 252 g/mol. The minimum absolute atomic E-state index is 0.585. The molecule has 2 rings (SSSR count). The normalized spacial score (nSPS) is 11.6. The van der Waals surface area contributed by atoms with Crippen molar-refractivity contribution in [1.29, 1.82) is 0 Å². The van der Waals surface area contributed by atoms with E-state index in [1.54, 1.807) is 0 Å². The number of nitrogens with zero attached hydrogens (tertiary/aromatic N) is 1.